The van der Waals surface area contributed by atoms with Crippen molar-refractivity contribution in [1.29, 1.82) is 0 Å². The van der Waals surface area contributed by atoms with Crippen molar-refractivity contribution < 1.29 is 17.9 Å². The van der Waals surface area contributed by atoms with E-state index in [0.717, 1.165) is 16.7 Å². The van der Waals surface area contributed by atoms with Crippen LogP contribution in [0.15, 0.2) is 42.5 Å². The Hall–Kier alpha value is -2.09. The quantitative estimate of drug-likeness (QED) is 0.842. The van der Waals surface area contributed by atoms with Crippen molar-refractivity contribution in [3.8, 4) is 11.5 Å². The van der Waals surface area contributed by atoms with E-state index in [1.165, 1.54) is 4.31 Å². The van der Waals surface area contributed by atoms with Gasteiger partial charge in [-0.25, -0.2) is 0 Å². The van der Waals surface area contributed by atoms with Gasteiger partial charge in [-0.1, -0.05) is 30.3 Å². The maximum absolute atomic E-state index is 12.8. The minimum absolute atomic E-state index is 0.269. The molecule has 0 saturated carbocycles. The molecule has 0 fully saturated rings. The molecule has 140 valence electrons. The van der Waals surface area contributed by atoms with Gasteiger partial charge < -0.3 is 9.47 Å². The van der Waals surface area contributed by atoms with Gasteiger partial charge in [0, 0.05) is 19.1 Å². The molecule has 1 N–H and O–H groups in total. The molecule has 6 nitrogen and oxygen atoms in total. The second kappa shape index (κ2) is 7.65. The lowest BCUT2D eigenvalue weighted by atomic mass is 9.94. The van der Waals surface area contributed by atoms with Crippen LogP contribution in [0.5, 0.6) is 11.5 Å². The lowest BCUT2D eigenvalue weighted by molar-refractivity contribution is 0.314. The van der Waals surface area contributed by atoms with Gasteiger partial charge >= 0.3 is 0 Å². The van der Waals surface area contributed by atoms with Crippen molar-refractivity contribution in [1.82, 2.24) is 9.03 Å². The molecule has 0 unspecified atom stereocenters. The summed E-state index contributed by atoms with van der Waals surface area (Å²) in [4.78, 5) is 0. The van der Waals surface area contributed by atoms with Crippen LogP contribution in [0.25, 0.3) is 0 Å². The van der Waals surface area contributed by atoms with Crippen LogP contribution >= 0.6 is 0 Å². The second-order valence-electron chi connectivity index (χ2n) is 6.25. The molecule has 1 aliphatic heterocycles. The van der Waals surface area contributed by atoms with E-state index >= 15 is 0 Å². The van der Waals surface area contributed by atoms with Gasteiger partial charge in [-0.15, -0.1) is 0 Å². The molecule has 0 aromatic heterocycles. The van der Waals surface area contributed by atoms with Gasteiger partial charge in [0.25, 0.3) is 10.2 Å². The number of ether oxygens (including phenoxy) is 2. The number of methoxy groups -OCH3 is 2. The molecule has 0 amide bonds. The van der Waals surface area contributed by atoms with Crippen LogP contribution in [-0.2, 0) is 23.2 Å². The summed E-state index contributed by atoms with van der Waals surface area (Å²) >= 11 is 0. The molecule has 1 aliphatic rings. The van der Waals surface area contributed by atoms with Crippen molar-refractivity contribution >= 4 is 10.2 Å². The fourth-order valence-corrected chi connectivity index (χ4v) is 4.68. The first-order valence-corrected chi connectivity index (χ1v) is 9.95. The highest BCUT2D eigenvalue weighted by atomic mass is 32.2. The lowest BCUT2D eigenvalue weighted by Gasteiger charge is -2.34. The lowest BCUT2D eigenvalue weighted by Crippen LogP contribution is -2.45. The number of rotatable bonds is 6. The Morgan fingerprint density at radius 2 is 1.77 bits per heavy atom. The van der Waals surface area contributed by atoms with E-state index in [1.807, 2.05) is 49.4 Å². The normalized spacial score (nSPS) is 17.6. The van der Waals surface area contributed by atoms with Crippen LogP contribution < -0.4 is 14.2 Å². The molecule has 0 radical (unpaired) electrons. The molecule has 2 aromatic carbocycles. The summed E-state index contributed by atoms with van der Waals surface area (Å²) in [6.45, 7) is 2.59. The number of hydrogen-bond acceptors (Lipinski definition) is 4. The zero-order valence-electron chi connectivity index (χ0n) is 15.2. The predicted octanol–water partition coefficient (Wildman–Crippen LogP) is 2.66. The minimum atomic E-state index is -3.60. The fourth-order valence-electron chi connectivity index (χ4n) is 3.30. The van der Waals surface area contributed by atoms with Gasteiger partial charge in [0.15, 0.2) is 11.5 Å². The molecular formula is C19H24N2O4S. The molecule has 0 bridgehead atoms. The van der Waals surface area contributed by atoms with Crippen LogP contribution in [0.2, 0.25) is 0 Å². The SMILES string of the molecule is COc1cc2c(cc1OC)[C@@H](C)N(S(=O)(=O)NCc1ccccc1)CC2. The van der Waals surface area contributed by atoms with Crippen LogP contribution in [0.3, 0.4) is 0 Å². The first kappa shape index (κ1) is 18.7. The first-order valence-electron chi connectivity index (χ1n) is 8.51. The Morgan fingerprint density at radius 3 is 2.42 bits per heavy atom. The molecule has 3 rings (SSSR count). The summed E-state index contributed by atoms with van der Waals surface area (Å²) in [5.41, 5.74) is 2.95. The zero-order chi connectivity index (χ0) is 18.7. The number of benzene rings is 2. The average Bonchev–Trinajstić information content (AvgIpc) is 2.66. The third kappa shape index (κ3) is 3.70. The molecule has 1 heterocycles. The summed E-state index contributed by atoms with van der Waals surface area (Å²) in [5.74, 6) is 1.27. The average molecular weight is 376 g/mol. The van der Waals surface area contributed by atoms with Crippen molar-refractivity contribution in [2.75, 3.05) is 20.8 Å². The molecule has 26 heavy (non-hydrogen) atoms. The highest BCUT2D eigenvalue weighted by molar-refractivity contribution is 7.87. The molecule has 7 heteroatoms. The van der Waals surface area contributed by atoms with Gasteiger partial charge in [0.1, 0.15) is 0 Å². The van der Waals surface area contributed by atoms with Gasteiger partial charge in [0.05, 0.1) is 14.2 Å². The zero-order valence-corrected chi connectivity index (χ0v) is 16.0. The molecule has 0 spiro atoms. The van der Waals surface area contributed by atoms with Crippen molar-refractivity contribution in [3.63, 3.8) is 0 Å². The standard InChI is InChI=1S/C19H24N2O4S/c1-14-17-12-19(25-3)18(24-2)11-16(17)9-10-21(14)26(22,23)20-13-15-7-5-4-6-8-15/h4-8,11-12,14,20H,9-10,13H2,1-3H3/t14-/m1/s1. The fraction of sp³-hybridized carbons (Fsp3) is 0.368. The maximum Gasteiger partial charge on any atom is 0.280 e. The van der Waals surface area contributed by atoms with E-state index in [1.54, 1.807) is 14.2 Å². The van der Waals surface area contributed by atoms with Crippen LogP contribution in [0.4, 0.5) is 0 Å². The Bertz CT molecular complexity index is 869. The Morgan fingerprint density at radius 1 is 1.12 bits per heavy atom. The molecular weight excluding hydrogens is 352 g/mol. The summed E-state index contributed by atoms with van der Waals surface area (Å²) in [5, 5.41) is 0. The summed E-state index contributed by atoms with van der Waals surface area (Å²) in [7, 11) is -0.422. The van der Waals surface area contributed by atoms with E-state index in [4.69, 9.17) is 9.47 Å². The van der Waals surface area contributed by atoms with E-state index < -0.39 is 10.2 Å². The van der Waals surface area contributed by atoms with E-state index in [0.29, 0.717) is 24.5 Å². The van der Waals surface area contributed by atoms with E-state index in [2.05, 4.69) is 4.72 Å². The van der Waals surface area contributed by atoms with Crippen molar-refractivity contribution in [2.45, 2.75) is 25.9 Å². The Balaban J connectivity index is 1.82. The van der Waals surface area contributed by atoms with Crippen LogP contribution in [-0.4, -0.2) is 33.5 Å². The second-order valence-corrected chi connectivity index (χ2v) is 7.96. The smallest absolute Gasteiger partial charge is 0.280 e. The van der Waals surface area contributed by atoms with E-state index in [-0.39, 0.29) is 12.6 Å². The van der Waals surface area contributed by atoms with Gasteiger partial charge in [-0.05, 0) is 42.2 Å². The number of nitrogens with zero attached hydrogens (tertiary/aromatic N) is 1. The minimum Gasteiger partial charge on any atom is -0.493 e. The summed E-state index contributed by atoms with van der Waals surface area (Å²) in [6.07, 6.45) is 0.631. The predicted molar refractivity (Wildman–Crippen MR) is 101 cm³/mol. The Kier molecular flexibility index (Phi) is 5.50. The largest absolute Gasteiger partial charge is 0.493 e. The summed E-state index contributed by atoms with van der Waals surface area (Å²) in [6, 6.07) is 13.0. The number of hydrogen-bond donors (Lipinski definition) is 1. The third-order valence-electron chi connectivity index (χ3n) is 4.74. The molecule has 2 aromatic rings. The highest BCUT2D eigenvalue weighted by Gasteiger charge is 2.33. The Labute approximate surface area is 154 Å². The van der Waals surface area contributed by atoms with Gasteiger partial charge in [0.2, 0.25) is 0 Å². The number of fused-ring (bicyclic) bond motifs is 1. The third-order valence-corrected chi connectivity index (χ3v) is 6.36. The van der Waals surface area contributed by atoms with Crippen molar-refractivity contribution in [2.24, 2.45) is 0 Å². The molecule has 1 atom stereocenters. The summed E-state index contributed by atoms with van der Waals surface area (Å²) < 4.78 is 40.6. The van der Waals surface area contributed by atoms with Gasteiger partial charge in [-0.3, -0.25) is 0 Å². The van der Waals surface area contributed by atoms with Crippen LogP contribution in [0, 0.1) is 0 Å². The first-order chi connectivity index (χ1) is 12.5. The molecule has 0 saturated heterocycles. The monoisotopic (exact) mass is 376 g/mol. The van der Waals surface area contributed by atoms with E-state index in [9.17, 15) is 8.42 Å². The topological polar surface area (TPSA) is 67.9 Å². The van der Waals surface area contributed by atoms with Gasteiger partial charge in [-0.2, -0.15) is 17.4 Å². The van der Waals surface area contributed by atoms with Crippen LogP contribution in [0.1, 0.15) is 29.7 Å². The maximum atomic E-state index is 12.8. The molecule has 0 aliphatic carbocycles. The van der Waals surface area contributed by atoms with Crippen molar-refractivity contribution in [3.05, 3.63) is 59.2 Å². The highest BCUT2D eigenvalue weighted by Crippen LogP contribution is 2.38. The number of nitrogens with one attached hydrogen (secondary N) is 1.